The normalized spacial score (nSPS) is 15.7. The molecule has 0 unspecified atom stereocenters. The summed E-state index contributed by atoms with van der Waals surface area (Å²) >= 11 is 0. The van der Waals surface area contributed by atoms with Crippen molar-refractivity contribution in [2.24, 2.45) is 5.73 Å². The van der Waals surface area contributed by atoms with E-state index in [1.807, 2.05) is 0 Å². The fourth-order valence-corrected chi connectivity index (χ4v) is 2.73. The van der Waals surface area contributed by atoms with Gasteiger partial charge in [0, 0.05) is 24.2 Å². The predicted octanol–water partition coefficient (Wildman–Crippen LogP) is 2.46. The molecule has 0 heterocycles. The van der Waals surface area contributed by atoms with Crippen molar-refractivity contribution in [3.63, 3.8) is 0 Å². The maximum atomic E-state index is 12.4. The molecule has 0 aromatic heterocycles. The van der Waals surface area contributed by atoms with Crippen LogP contribution in [0.15, 0.2) is 24.3 Å². The lowest BCUT2D eigenvalue weighted by Gasteiger charge is -2.28. The first kappa shape index (κ1) is 18.5. The number of carbonyl (C=O) groups is 2. The Labute approximate surface area is 137 Å². The summed E-state index contributed by atoms with van der Waals surface area (Å²) in [6.07, 6.45) is 4.48. The highest BCUT2D eigenvalue weighted by Crippen LogP contribution is 2.29. The van der Waals surface area contributed by atoms with E-state index < -0.39 is 0 Å². The first-order valence-electron chi connectivity index (χ1n) is 7.51. The average molecular weight is 326 g/mol. The monoisotopic (exact) mass is 325 g/mol. The molecular weight excluding hydrogens is 302 g/mol. The molecule has 6 heteroatoms. The van der Waals surface area contributed by atoms with Crippen LogP contribution in [0.3, 0.4) is 0 Å². The number of hydrogen-bond acceptors (Lipinski definition) is 3. The Hall–Kier alpha value is -1.59. The number of anilines is 1. The molecule has 0 saturated heterocycles. The number of hydrogen-bond donors (Lipinski definition) is 3. The van der Waals surface area contributed by atoms with Gasteiger partial charge >= 0.3 is 0 Å². The van der Waals surface area contributed by atoms with Crippen molar-refractivity contribution in [3.8, 4) is 0 Å². The molecule has 0 spiro atoms. The summed E-state index contributed by atoms with van der Waals surface area (Å²) in [6, 6.07) is 6.99. The molecule has 4 N–H and O–H groups in total. The molecule has 1 fully saturated rings. The first-order valence-corrected chi connectivity index (χ1v) is 7.51. The number of amides is 2. The van der Waals surface area contributed by atoms with Gasteiger partial charge in [-0.15, -0.1) is 12.4 Å². The minimum absolute atomic E-state index is 0. The van der Waals surface area contributed by atoms with Gasteiger partial charge in [-0.2, -0.15) is 0 Å². The number of halogens is 1. The Morgan fingerprint density at radius 2 is 1.95 bits per heavy atom. The van der Waals surface area contributed by atoms with Crippen LogP contribution in [0, 0.1) is 0 Å². The summed E-state index contributed by atoms with van der Waals surface area (Å²) in [5.41, 5.74) is 6.76. The van der Waals surface area contributed by atoms with Crippen molar-refractivity contribution < 1.29 is 9.59 Å². The molecular formula is C16H24ClN3O2. The van der Waals surface area contributed by atoms with E-state index in [2.05, 4.69) is 10.6 Å². The van der Waals surface area contributed by atoms with Crippen LogP contribution in [0.4, 0.5) is 5.69 Å². The smallest absolute Gasteiger partial charge is 0.251 e. The Morgan fingerprint density at radius 3 is 2.55 bits per heavy atom. The first-order chi connectivity index (χ1) is 10.1. The summed E-state index contributed by atoms with van der Waals surface area (Å²) in [4.78, 5) is 23.8. The maximum absolute atomic E-state index is 12.4. The van der Waals surface area contributed by atoms with Crippen LogP contribution in [0.1, 0.15) is 49.4 Å². The SMILES string of the molecule is CCC(=O)Nc1cccc(C(=O)NC2(CN)CCCC2)c1.Cl. The highest BCUT2D eigenvalue weighted by Gasteiger charge is 2.34. The van der Waals surface area contributed by atoms with Crippen molar-refractivity contribution in [2.45, 2.75) is 44.6 Å². The number of nitrogens with one attached hydrogen (secondary N) is 2. The van der Waals surface area contributed by atoms with E-state index in [4.69, 9.17) is 5.73 Å². The molecule has 1 aliphatic rings. The van der Waals surface area contributed by atoms with Gasteiger partial charge in [0.1, 0.15) is 0 Å². The van der Waals surface area contributed by atoms with Crippen LogP contribution >= 0.6 is 12.4 Å². The van der Waals surface area contributed by atoms with E-state index in [1.54, 1.807) is 31.2 Å². The van der Waals surface area contributed by atoms with Gasteiger partial charge in [0.05, 0.1) is 5.54 Å². The van der Waals surface area contributed by atoms with Gasteiger partial charge in [0.2, 0.25) is 5.91 Å². The highest BCUT2D eigenvalue weighted by molar-refractivity contribution is 5.97. The number of carbonyl (C=O) groups excluding carboxylic acids is 2. The van der Waals surface area contributed by atoms with Gasteiger partial charge < -0.3 is 16.4 Å². The summed E-state index contributed by atoms with van der Waals surface area (Å²) in [7, 11) is 0. The number of nitrogens with two attached hydrogens (primary N) is 1. The van der Waals surface area contributed by atoms with E-state index in [9.17, 15) is 9.59 Å². The van der Waals surface area contributed by atoms with Gasteiger partial charge in [-0.1, -0.05) is 25.8 Å². The van der Waals surface area contributed by atoms with E-state index in [-0.39, 0.29) is 29.8 Å². The zero-order valence-electron chi connectivity index (χ0n) is 12.9. The molecule has 1 aliphatic carbocycles. The maximum Gasteiger partial charge on any atom is 0.251 e. The second kappa shape index (κ2) is 8.15. The molecule has 0 aliphatic heterocycles. The zero-order chi connectivity index (χ0) is 15.3. The van der Waals surface area contributed by atoms with Crippen molar-refractivity contribution in [3.05, 3.63) is 29.8 Å². The third kappa shape index (κ3) is 4.45. The lowest BCUT2D eigenvalue weighted by molar-refractivity contribution is -0.115. The molecule has 1 aromatic rings. The molecule has 2 rings (SSSR count). The molecule has 1 saturated carbocycles. The predicted molar refractivity (Wildman–Crippen MR) is 90.3 cm³/mol. The van der Waals surface area contributed by atoms with Gasteiger partial charge in [-0.25, -0.2) is 0 Å². The molecule has 22 heavy (non-hydrogen) atoms. The zero-order valence-corrected chi connectivity index (χ0v) is 13.7. The Kier molecular flexibility index (Phi) is 6.84. The Morgan fingerprint density at radius 1 is 1.27 bits per heavy atom. The van der Waals surface area contributed by atoms with Gasteiger partial charge in [0.25, 0.3) is 5.91 Å². The number of benzene rings is 1. The molecule has 0 radical (unpaired) electrons. The van der Waals surface area contributed by atoms with E-state index in [1.165, 1.54) is 0 Å². The van der Waals surface area contributed by atoms with Crippen LogP contribution in [0.5, 0.6) is 0 Å². The van der Waals surface area contributed by atoms with Gasteiger partial charge in [0.15, 0.2) is 0 Å². The lowest BCUT2D eigenvalue weighted by atomic mass is 9.97. The summed E-state index contributed by atoms with van der Waals surface area (Å²) in [6.45, 7) is 2.25. The minimum atomic E-state index is -0.264. The molecule has 122 valence electrons. The molecule has 0 bridgehead atoms. The molecule has 0 atom stereocenters. The Balaban J connectivity index is 0.00000242. The number of rotatable bonds is 5. The van der Waals surface area contributed by atoms with E-state index in [0.717, 1.165) is 25.7 Å². The van der Waals surface area contributed by atoms with Gasteiger partial charge in [-0.3, -0.25) is 9.59 Å². The van der Waals surface area contributed by atoms with Crippen molar-refractivity contribution in [2.75, 3.05) is 11.9 Å². The summed E-state index contributed by atoms with van der Waals surface area (Å²) in [5.74, 6) is -0.197. The van der Waals surface area contributed by atoms with Crippen molar-refractivity contribution in [1.82, 2.24) is 5.32 Å². The lowest BCUT2D eigenvalue weighted by Crippen LogP contribution is -2.51. The molecule has 5 nitrogen and oxygen atoms in total. The standard InChI is InChI=1S/C16H23N3O2.ClH/c1-2-14(20)18-13-7-5-6-12(10-13)15(21)19-16(11-17)8-3-4-9-16;/h5-7,10H,2-4,8-9,11,17H2,1H3,(H,18,20)(H,19,21);1H. The van der Waals surface area contributed by atoms with Crippen LogP contribution in [-0.4, -0.2) is 23.9 Å². The Bertz CT molecular complexity index is 528. The van der Waals surface area contributed by atoms with Crippen LogP contribution in [0.2, 0.25) is 0 Å². The van der Waals surface area contributed by atoms with Crippen LogP contribution in [0.25, 0.3) is 0 Å². The quantitative estimate of drug-likeness (QED) is 0.777. The van der Waals surface area contributed by atoms with Crippen molar-refractivity contribution in [1.29, 1.82) is 0 Å². The topological polar surface area (TPSA) is 84.2 Å². The second-order valence-corrected chi connectivity index (χ2v) is 5.63. The third-order valence-corrected chi connectivity index (χ3v) is 4.06. The fraction of sp³-hybridized carbons (Fsp3) is 0.500. The van der Waals surface area contributed by atoms with Crippen LogP contribution < -0.4 is 16.4 Å². The fourth-order valence-electron chi connectivity index (χ4n) is 2.73. The van der Waals surface area contributed by atoms with Crippen LogP contribution in [-0.2, 0) is 4.79 Å². The molecule has 2 amide bonds. The second-order valence-electron chi connectivity index (χ2n) is 5.63. The van der Waals surface area contributed by atoms with Gasteiger partial charge in [-0.05, 0) is 31.0 Å². The van der Waals surface area contributed by atoms with E-state index >= 15 is 0 Å². The third-order valence-electron chi connectivity index (χ3n) is 4.06. The molecule has 1 aromatic carbocycles. The minimum Gasteiger partial charge on any atom is -0.345 e. The summed E-state index contributed by atoms with van der Waals surface area (Å²) in [5, 5.41) is 5.84. The highest BCUT2D eigenvalue weighted by atomic mass is 35.5. The van der Waals surface area contributed by atoms with Crippen molar-refractivity contribution >= 4 is 29.9 Å². The van der Waals surface area contributed by atoms with E-state index in [0.29, 0.717) is 24.2 Å². The summed E-state index contributed by atoms with van der Waals surface area (Å²) < 4.78 is 0. The average Bonchev–Trinajstić information content (AvgIpc) is 2.96. The largest absolute Gasteiger partial charge is 0.345 e.